The van der Waals surface area contributed by atoms with Gasteiger partial charge in [0.1, 0.15) is 5.82 Å². The molecule has 0 aliphatic rings. The number of hydrogen-bond acceptors (Lipinski definition) is 6. The average Bonchev–Trinajstić information content (AvgIpc) is 2.41. The predicted molar refractivity (Wildman–Crippen MR) is 88.8 cm³/mol. The summed E-state index contributed by atoms with van der Waals surface area (Å²) < 4.78 is 0. The van der Waals surface area contributed by atoms with Crippen LogP contribution in [0.3, 0.4) is 0 Å². The second-order valence-corrected chi connectivity index (χ2v) is 6.66. The first kappa shape index (κ1) is 15.6. The lowest BCUT2D eigenvalue weighted by Gasteiger charge is -2.15. The van der Waals surface area contributed by atoms with Gasteiger partial charge in [0.2, 0.25) is 11.9 Å². The third kappa shape index (κ3) is 3.85. The molecule has 6 heteroatoms. The van der Waals surface area contributed by atoms with Gasteiger partial charge in [-0.1, -0.05) is 17.7 Å². The van der Waals surface area contributed by atoms with Crippen LogP contribution >= 0.6 is 11.8 Å². The molecule has 0 saturated carbocycles. The van der Waals surface area contributed by atoms with E-state index in [9.17, 15) is 0 Å². The van der Waals surface area contributed by atoms with E-state index in [0.29, 0.717) is 11.8 Å². The number of nitrogen functional groups attached to an aromatic ring is 1. The minimum absolute atomic E-state index is 0.107. The van der Waals surface area contributed by atoms with Gasteiger partial charge in [0.25, 0.3) is 0 Å². The molecular weight excluding hydrogens is 282 g/mol. The van der Waals surface area contributed by atoms with Crippen molar-refractivity contribution in [1.82, 2.24) is 15.0 Å². The Labute approximate surface area is 130 Å². The third-order valence-electron chi connectivity index (χ3n) is 3.06. The Kier molecular flexibility index (Phi) is 4.67. The van der Waals surface area contributed by atoms with Gasteiger partial charge in [-0.15, -0.1) is 11.8 Å². The Bertz CT molecular complexity index is 642. The Balaban J connectivity index is 2.25. The van der Waals surface area contributed by atoms with Crippen molar-refractivity contribution in [1.29, 1.82) is 0 Å². The molecule has 0 bridgehead atoms. The molecule has 1 unspecified atom stereocenters. The summed E-state index contributed by atoms with van der Waals surface area (Å²) in [6.45, 7) is 6.30. The van der Waals surface area contributed by atoms with Gasteiger partial charge in [-0.2, -0.15) is 15.0 Å². The van der Waals surface area contributed by atoms with E-state index in [-0.39, 0.29) is 11.2 Å². The van der Waals surface area contributed by atoms with E-state index < -0.39 is 0 Å². The van der Waals surface area contributed by atoms with Gasteiger partial charge >= 0.3 is 0 Å². The zero-order valence-electron chi connectivity index (χ0n) is 13.1. The number of thioether (sulfide) groups is 1. The van der Waals surface area contributed by atoms with Crippen LogP contribution in [0, 0.1) is 13.8 Å². The van der Waals surface area contributed by atoms with Crippen molar-refractivity contribution in [2.45, 2.75) is 30.9 Å². The molecule has 112 valence electrons. The highest BCUT2D eigenvalue weighted by molar-refractivity contribution is 7.99. The molecule has 0 fully saturated rings. The van der Waals surface area contributed by atoms with E-state index in [0.717, 1.165) is 0 Å². The molecule has 0 radical (unpaired) electrons. The minimum atomic E-state index is 0.107. The quantitative estimate of drug-likeness (QED) is 0.876. The fourth-order valence-corrected chi connectivity index (χ4v) is 2.94. The number of hydrogen-bond donors (Lipinski definition) is 1. The molecule has 1 aromatic heterocycles. The SMILES string of the molecule is Cc1ccc(SC(C)c2nc(N)nc(N(C)C)n2)c(C)c1. The first-order chi connectivity index (χ1) is 9.86. The van der Waals surface area contributed by atoms with E-state index in [2.05, 4.69) is 53.9 Å². The molecule has 2 N–H and O–H groups in total. The van der Waals surface area contributed by atoms with Crippen LogP contribution < -0.4 is 10.6 Å². The Hall–Kier alpha value is -1.82. The normalized spacial score (nSPS) is 12.2. The van der Waals surface area contributed by atoms with Crippen LogP contribution in [-0.2, 0) is 0 Å². The summed E-state index contributed by atoms with van der Waals surface area (Å²) in [5.41, 5.74) is 8.31. The van der Waals surface area contributed by atoms with Crippen LogP contribution in [0.25, 0.3) is 0 Å². The number of aryl methyl sites for hydroxylation is 2. The van der Waals surface area contributed by atoms with Gasteiger partial charge in [0.15, 0.2) is 0 Å². The van der Waals surface area contributed by atoms with E-state index in [1.807, 2.05) is 19.0 Å². The second kappa shape index (κ2) is 6.30. The fourth-order valence-electron chi connectivity index (χ4n) is 1.95. The van der Waals surface area contributed by atoms with Crippen molar-refractivity contribution in [3.8, 4) is 0 Å². The van der Waals surface area contributed by atoms with Crippen LogP contribution in [0.5, 0.6) is 0 Å². The zero-order chi connectivity index (χ0) is 15.6. The molecule has 0 aliphatic heterocycles. The van der Waals surface area contributed by atoms with E-state index in [1.165, 1.54) is 16.0 Å². The highest BCUT2D eigenvalue weighted by atomic mass is 32.2. The van der Waals surface area contributed by atoms with Gasteiger partial charge in [0.05, 0.1) is 5.25 Å². The number of benzene rings is 1. The van der Waals surface area contributed by atoms with Crippen molar-refractivity contribution in [3.05, 3.63) is 35.2 Å². The molecular formula is C15H21N5S. The van der Waals surface area contributed by atoms with Gasteiger partial charge in [-0.3, -0.25) is 0 Å². The lowest BCUT2D eigenvalue weighted by molar-refractivity contribution is 0.864. The van der Waals surface area contributed by atoms with Crippen molar-refractivity contribution >= 4 is 23.7 Å². The summed E-state index contributed by atoms with van der Waals surface area (Å²) in [4.78, 5) is 15.9. The molecule has 2 aromatic rings. The smallest absolute Gasteiger partial charge is 0.229 e. The molecule has 1 aromatic carbocycles. The second-order valence-electron chi connectivity index (χ2n) is 5.28. The number of nitrogens with two attached hydrogens (primary N) is 1. The van der Waals surface area contributed by atoms with Crippen molar-refractivity contribution in [3.63, 3.8) is 0 Å². The average molecular weight is 303 g/mol. The van der Waals surface area contributed by atoms with E-state index in [4.69, 9.17) is 5.73 Å². The molecule has 21 heavy (non-hydrogen) atoms. The summed E-state index contributed by atoms with van der Waals surface area (Å²) in [5, 5.41) is 0.107. The fraction of sp³-hybridized carbons (Fsp3) is 0.400. The minimum Gasteiger partial charge on any atom is -0.368 e. The summed E-state index contributed by atoms with van der Waals surface area (Å²) in [6, 6.07) is 6.44. The highest BCUT2D eigenvalue weighted by Gasteiger charge is 2.15. The van der Waals surface area contributed by atoms with Crippen LogP contribution in [0.15, 0.2) is 23.1 Å². The molecule has 0 amide bonds. The molecule has 0 saturated heterocycles. The zero-order valence-corrected chi connectivity index (χ0v) is 13.9. The number of nitrogens with zero attached hydrogens (tertiary/aromatic N) is 4. The molecule has 1 heterocycles. The van der Waals surface area contributed by atoms with Crippen molar-refractivity contribution in [2.75, 3.05) is 24.7 Å². The maximum absolute atomic E-state index is 5.78. The summed E-state index contributed by atoms with van der Waals surface area (Å²) in [7, 11) is 3.78. The topological polar surface area (TPSA) is 67.9 Å². The number of anilines is 2. The van der Waals surface area contributed by atoms with E-state index >= 15 is 0 Å². The molecule has 0 aliphatic carbocycles. The molecule has 2 rings (SSSR count). The summed E-state index contributed by atoms with van der Waals surface area (Å²) in [5.74, 6) is 1.55. The maximum Gasteiger partial charge on any atom is 0.229 e. The van der Waals surface area contributed by atoms with Gasteiger partial charge in [0, 0.05) is 19.0 Å². The third-order valence-corrected chi connectivity index (χ3v) is 4.33. The van der Waals surface area contributed by atoms with Gasteiger partial charge in [-0.05, 0) is 32.4 Å². The van der Waals surface area contributed by atoms with Crippen LogP contribution in [-0.4, -0.2) is 29.0 Å². The number of rotatable bonds is 4. The highest BCUT2D eigenvalue weighted by Crippen LogP contribution is 2.35. The Morgan fingerprint density at radius 1 is 1.14 bits per heavy atom. The van der Waals surface area contributed by atoms with Crippen molar-refractivity contribution < 1.29 is 0 Å². The molecule has 1 atom stereocenters. The first-order valence-corrected chi connectivity index (χ1v) is 7.67. The lowest BCUT2D eigenvalue weighted by Crippen LogP contribution is -2.16. The Morgan fingerprint density at radius 2 is 1.86 bits per heavy atom. The van der Waals surface area contributed by atoms with Crippen molar-refractivity contribution in [2.24, 2.45) is 0 Å². The van der Waals surface area contributed by atoms with Crippen LogP contribution in [0.1, 0.15) is 29.1 Å². The first-order valence-electron chi connectivity index (χ1n) is 6.79. The monoisotopic (exact) mass is 303 g/mol. The Morgan fingerprint density at radius 3 is 2.48 bits per heavy atom. The van der Waals surface area contributed by atoms with Crippen LogP contribution in [0.2, 0.25) is 0 Å². The molecule has 0 spiro atoms. The summed E-state index contributed by atoms with van der Waals surface area (Å²) in [6.07, 6.45) is 0. The van der Waals surface area contributed by atoms with Crippen LogP contribution in [0.4, 0.5) is 11.9 Å². The molecule has 5 nitrogen and oxygen atoms in total. The summed E-state index contributed by atoms with van der Waals surface area (Å²) >= 11 is 1.73. The lowest BCUT2D eigenvalue weighted by atomic mass is 10.2. The maximum atomic E-state index is 5.78. The largest absolute Gasteiger partial charge is 0.368 e. The predicted octanol–water partition coefficient (Wildman–Crippen LogP) is 2.99. The van der Waals surface area contributed by atoms with E-state index in [1.54, 1.807) is 11.8 Å². The van der Waals surface area contributed by atoms with Gasteiger partial charge < -0.3 is 10.6 Å². The van der Waals surface area contributed by atoms with Gasteiger partial charge in [-0.25, -0.2) is 0 Å². The number of aromatic nitrogens is 3. The standard InChI is InChI=1S/C15H21N5S/c1-9-6-7-12(10(2)8-9)21-11(3)13-17-14(16)19-15(18-13)20(4)5/h6-8,11H,1-5H3,(H2,16,17,18,19).